The van der Waals surface area contributed by atoms with Gasteiger partial charge in [0.05, 0.1) is 5.48 Å². The maximum atomic E-state index is 9.90. The van der Waals surface area contributed by atoms with E-state index in [1.54, 1.807) is 0 Å². The van der Waals surface area contributed by atoms with Gasteiger partial charge < -0.3 is 4.90 Å². The number of anilines is 3. The van der Waals surface area contributed by atoms with Crippen molar-refractivity contribution >= 4 is 60.2 Å². The summed E-state index contributed by atoms with van der Waals surface area (Å²) in [6.07, 6.45) is 0. The van der Waals surface area contributed by atoms with Gasteiger partial charge in [0.25, 0.3) is 0 Å². The van der Waals surface area contributed by atoms with E-state index in [2.05, 4.69) is 115 Å². The van der Waals surface area contributed by atoms with E-state index < -0.39 is 0 Å². The molecule has 0 radical (unpaired) electrons. The minimum atomic E-state index is -0.127. The van der Waals surface area contributed by atoms with Gasteiger partial charge in [0.1, 0.15) is 0 Å². The van der Waals surface area contributed by atoms with Gasteiger partial charge in [0.2, 0.25) is 0 Å². The molecule has 0 aliphatic rings. The summed E-state index contributed by atoms with van der Waals surface area (Å²) in [5.74, 6) is 0. The number of benzene rings is 11. The number of hydrogen-bond donors (Lipinski definition) is 0. The molecule has 59 heavy (non-hydrogen) atoms. The smallest absolute Gasteiger partial charge is 0.0645 e. The highest BCUT2D eigenvalue weighted by atomic mass is 15.1. The van der Waals surface area contributed by atoms with E-state index in [4.69, 9.17) is 0 Å². The van der Waals surface area contributed by atoms with Gasteiger partial charge in [-0.15, -0.1) is 0 Å². The summed E-state index contributed by atoms with van der Waals surface area (Å²) in [6.45, 7) is 0. The topological polar surface area (TPSA) is 3.24 Å². The van der Waals surface area contributed by atoms with Crippen LogP contribution in [0.2, 0.25) is 0 Å². The fourth-order valence-electron chi connectivity index (χ4n) is 8.72. The molecule has 0 saturated carbocycles. The monoisotopic (exact) mass is 753 g/mol. The van der Waals surface area contributed by atoms with Gasteiger partial charge in [-0.25, -0.2) is 0 Å². The maximum Gasteiger partial charge on any atom is 0.0645 e. The highest BCUT2D eigenvalue weighted by molar-refractivity contribution is 6.15. The Morgan fingerprint density at radius 1 is 0.254 bits per heavy atom. The van der Waals surface area contributed by atoms with E-state index in [0.29, 0.717) is 16.9 Å². The predicted octanol–water partition coefficient (Wildman–Crippen LogP) is 16.4. The zero-order valence-electron chi connectivity index (χ0n) is 36.2. The molecule has 0 atom stereocenters. The second-order valence-corrected chi connectivity index (χ2v) is 15.0. The molecule has 11 aromatic rings. The predicted molar refractivity (Wildman–Crippen MR) is 253 cm³/mol. The fourth-order valence-corrected chi connectivity index (χ4v) is 8.72. The summed E-state index contributed by atoms with van der Waals surface area (Å²) >= 11 is 0. The van der Waals surface area contributed by atoms with Crippen LogP contribution in [0, 0.1) is 0 Å². The van der Waals surface area contributed by atoms with E-state index in [9.17, 15) is 5.48 Å². The molecule has 0 heterocycles. The van der Waals surface area contributed by atoms with Crippen molar-refractivity contribution in [1.82, 2.24) is 0 Å². The van der Waals surface area contributed by atoms with Crippen molar-refractivity contribution in [2.24, 2.45) is 0 Å². The quantitative estimate of drug-likeness (QED) is 0.147. The molecule has 0 amide bonds. The average Bonchev–Trinajstić information content (AvgIpc) is 3.35. The minimum Gasteiger partial charge on any atom is -0.310 e. The van der Waals surface area contributed by atoms with Crippen molar-refractivity contribution in [3.8, 4) is 44.5 Å². The molecule has 0 spiro atoms. The van der Waals surface area contributed by atoms with E-state index in [1.165, 1.54) is 5.39 Å². The van der Waals surface area contributed by atoms with Crippen LogP contribution in [0.1, 0.15) is 5.48 Å². The van der Waals surface area contributed by atoms with Crippen LogP contribution in [0.15, 0.2) is 236 Å². The molecule has 0 N–H and O–H groups in total. The zero-order valence-corrected chi connectivity index (χ0v) is 32.2. The van der Waals surface area contributed by atoms with Gasteiger partial charge in [-0.05, 0) is 136 Å². The summed E-state index contributed by atoms with van der Waals surface area (Å²) in [6, 6.07) is 71.9. The molecule has 0 aliphatic carbocycles. The number of nitrogens with zero attached hydrogens (tertiary/aromatic N) is 1. The molecule has 11 rings (SSSR count). The molecule has 276 valence electrons. The minimum absolute atomic E-state index is 0.0997. The third-order valence-corrected chi connectivity index (χ3v) is 11.5. The van der Waals surface area contributed by atoms with E-state index in [1.807, 2.05) is 102 Å². The Balaban J connectivity index is 1.18. The van der Waals surface area contributed by atoms with E-state index in [0.717, 1.165) is 71.1 Å². The molecular formula is C58H39N. The lowest BCUT2D eigenvalue weighted by atomic mass is 9.92. The first-order chi connectivity index (χ1) is 30.9. The number of fused-ring (bicyclic) bond motifs is 6. The van der Waals surface area contributed by atoms with Crippen molar-refractivity contribution in [2.45, 2.75) is 0 Å². The second kappa shape index (κ2) is 14.6. The van der Waals surface area contributed by atoms with Crippen LogP contribution in [0.4, 0.5) is 17.1 Å². The Hall–Kier alpha value is -7.74. The fraction of sp³-hybridized carbons (Fsp3) is 0. The van der Waals surface area contributed by atoms with Crippen molar-refractivity contribution in [3.05, 3.63) is 236 Å². The van der Waals surface area contributed by atoms with E-state index >= 15 is 0 Å². The van der Waals surface area contributed by atoms with Gasteiger partial charge in [-0.1, -0.05) is 188 Å². The summed E-state index contributed by atoms with van der Waals surface area (Å²) in [5.41, 5.74) is 8.68. The van der Waals surface area contributed by atoms with E-state index in [-0.39, 0.29) is 35.4 Å². The maximum absolute atomic E-state index is 9.90. The van der Waals surface area contributed by atoms with Crippen LogP contribution < -0.4 is 4.90 Å². The van der Waals surface area contributed by atoms with Gasteiger partial charge in [-0.2, -0.15) is 0 Å². The first-order valence-corrected chi connectivity index (χ1v) is 20.0. The molecule has 0 aromatic heterocycles. The normalized spacial score (nSPS) is 12.3. The van der Waals surface area contributed by atoms with Crippen LogP contribution in [0.3, 0.4) is 0 Å². The van der Waals surface area contributed by atoms with Crippen molar-refractivity contribution in [3.63, 3.8) is 0 Å². The Bertz CT molecular complexity index is 3540. The molecule has 0 fully saturated rings. The highest BCUT2D eigenvalue weighted by Crippen LogP contribution is 2.44. The van der Waals surface area contributed by atoms with Crippen LogP contribution in [0.5, 0.6) is 0 Å². The highest BCUT2D eigenvalue weighted by Gasteiger charge is 2.19. The van der Waals surface area contributed by atoms with Crippen molar-refractivity contribution in [1.29, 1.82) is 0 Å². The SMILES string of the molecule is [2H]c1c([2H])c(N(c2cccc(-c3cc4ccccc4c4ccccc34)c2)c2ccc(-c3ccccc3)c(-c3ccccc3)c2)c([2H])c([2H])c1-c1cc2ccccc2c2ccccc12. The van der Waals surface area contributed by atoms with Crippen molar-refractivity contribution in [2.75, 3.05) is 4.90 Å². The van der Waals surface area contributed by atoms with Gasteiger partial charge in [-0.3, -0.25) is 0 Å². The molecule has 0 aliphatic heterocycles. The summed E-state index contributed by atoms with van der Waals surface area (Å²) in [4.78, 5) is 1.91. The first kappa shape index (κ1) is 30.4. The molecule has 1 nitrogen and oxygen atoms in total. The first-order valence-electron chi connectivity index (χ1n) is 22.0. The third-order valence-electron chi connectivity index (χ3n) is 11.5. The van der Waals surface area contributed by atoms with Gasteiger partial charge in [0, 0.05) is 17.1 Å². The van der Waals surface area contributed by atoms with Gasteiger partial charge in [0.15, 0.2) is 0 Å². The molecular weight excluding hydrogens is 711 g/mol. The lowest BCUT2D eigenvalue weighted by Crippen LogP contribution is -2.10. The standard InChI is InChI=1S/C58H39N/c1-3-16-40(17-4-1)51-35-34-48(39-58(51)41-18-5-2-6-19-41)59(46-32-30-42(31-33-46)56-37-44-20-7-9-24-49(44)52-26-11-13-28-54(52)56)47-23-15-22-43(36-47)57-38-45-21-8-10-25-50(45)53-27-12-14-29-55(53)57/h1-39H/i30D,31D,32D,33D. The van der Waals surface area contributed by atoms with Crippen LogP contribution in [-0.4, -0.2) is 0 Å². The number of hydrogen-bond acceptors (Lipinski definition) is 1. The van der Waals surface area contributed by atoms with Gasteiger partial charge >= 0.3 is 0 Å². The molecule has 0 unspecified atom stereocenters. The van der Waals surface area contributed by atoms with Crippen molar-refractivity contribution < 1.29 is 5.48 Å². The Morgan fingerprint density at radius 2 is 0.712 bits per heavy atom. The Labute approximate surface area is 350 Å². The van der Waals surface area contributed by atoms with Crippen LogP contribution in [-0.2, 0) is 0 Å². The second-order valence-electron chi connectivity index (χ2n) is 15.0. The lowest BCUT2D eigenvalue weighted by molar-refractivity contribution is 1.28. The summed E-state index contributed by atoms with van der Waals surface area (Å²) < 4.78 is 39.3. The molecule has 11 aromatic carbocycles. The summed E-state index contributed by atoms with van der Waals surface area (Å²) in [5, 5.41) is 8.52. The largest absolute Gasteiger partial charge is 0.310 e. The molecule has 0 bridgehead atoms. The summed E-state index contributed by atoms with van der Waals surface area (Å²) in [7, 11) is 0. The Kier molecular flexibility index (Phi) is 7.55. The zero-order chi connectivity index (χ0) is 42.6. The van der Waals surface area contributed by atoms with Crippen LogP contribution >= 0.6 is 0 Å². The number of rotatable bonds is 7. The third kappa shape index (κ3) is 6.21. The van der Waals surface area contributed by atoms with Crippen LogP contribution in [0.25, 0.3) is 87.6 Å². The lowest BCUT2D eigenvalue weighted by Gasteiger charge is -2.28. The Morgan fingerprint density at radius 3 is 1.31 bits per heavy atom. The average molecular weight is 754 g/mol. The molecule has 1 heteroatoms. The molecule has 0 saturated heterocycles.